The fraction of sp³-hybridized carbons (Fsp3) is 0.500. The highest BCUT2D eigenvalue weighted by Crippen LogP contribution is 2.17. The van der Waals surface area contributed by atoms with Crippen molar-refractivity contribution in [1.29, 1.82) is 0 Å². The van der Waals surface area contributed by atoms with Gasteiger partial charge in [-0.1, -0.05) is 18.2 Å². The summed E-state index contributed by atoms with van der Waals surface area (Å²) < 4.78 is 5.17. The van der Waals surface area contributed by atoms with Crippen LogP contribution in [0.1, 0.15) is 12.8 Å². The predicted octanol–water partition coefficient (Wildman–Crippen LogP) is 2.58. The van der Waals surface area contributed by atoms with Crippen LogP contribution < -0.4 is 5.32 Å². The monoisotopic (exact) mass is 248 g/mol. The second kappa shape index (κ2) is 6.40. The number of piperidine rings is 1. The molecule has 1 aliphatic heterocycles. The van der Waals surface area contributed by atoms with E-state index in [1.165, 1.54) is 0 Å². The van der Waals surface area contributed by atoms with E-state index < -0.39 is 0 Å². The van der Waals surface area contributed by atoms with Crippen LogP contribution in [0.25, 0.3) is 0 Å². The highest BCUT2D eigenvalue weighted by atomic mass is 16.5. The molecule has 4 nitrogen and oxygen atoms in total. The van der Waals surface area contributed by atoms with E-state index in [4.69, 9.17) is 4.74 Å². The van der Waals surface area contributed by atoms with Crippen LogP contribution in [0.3, 0.4) is 0 Å². The Kier molecular flexibility index (Phi) is 4.59. The molecule has 0 aromatic heterocycles. The molecule has 0 radical (unpaired) electrons. The fourth-order valence-electron chi connectivity index (χ4n) is 2.35. The number of carbonyl (C=O) groups is 1. The number of benzene rings is 1. The minimum atomic E-state index is -0.0120. The third-order valence-electron chi connectivity index (χ3n) is 3.23. The van der Waals surface area contributed by atoms with Crippen molar-refractivity contribution in [2.75, 3.05) is 32.1 Å². The zero-order chi connectivity index (χ0) is 12.8. The van der Waals surface area contributed by atoms with Crippen LogP contribution in [0.15, 0.2) is 30.3 Å². The van der Waals surface area contributed by atoms with Gasteiger partial charge in [0, 0.05) is 31.8 Å². The molecule has 1 unspecified atom stereocenters. The Morgan fingerprint density at radius 1 is 1.44 bits per heavy atom. The van der Waals surface area contributed by atoms with Gasteiger partial charge in [0.25, 0.3) is 0 Å². The van der Waals surface area contributed by atoms with Gasteiger partial charge in [0.1, 0.15) is 0 Å². The van der Waals surface area contributed by atoms with Gasteiger partial charge in [-0.3, -0.25) is 0 Å². The molecule has 1 atom stereocenters. The predicted molar refractivity (Wildman–Crippen MR) is 71.6 cm³/mol. The smallest absolute Gasteiger partial charge is 0.321 e. The average Bonchev–Trinajstić information content (AvgIpc) is 2.40. The van der Waals surface area contributed by atoms with E-state index >= 15 is 0 Å². The maximum atomic E-state index is 12.1. The molecule has 0 aliphatic carbocycles. The van der Waals surface area contributed by atoms with Crippen molar-refractivity contribution in [2.45, 2.75) is 12.8 Å². The summed E-state index contributed by atoms with van der Waals surface area (Å²) in [6, 6.07) is 9.55. The molecule has 1 N–H and O–H groups in total. The second-order valence-corrected chi connectivity index (χ2v) is 4.71. The molecule has 1 heterocycles. The average molecular weight is 248 g/mol. The molecule has 0 saturated carbocycles. The van der Waals surface area contributed by atoms with Crippen LogP contribution in [0, 0.1) is 5.92 Å². The summed E-state index contributed by atoms with van der Waals surface area (Å²) in [5.74, 6) is 0.463. The number of rotatable bonds is 3. The topological polar surface area (TPSA) is 41.6 Å². The molecule has 1 aromatic carbocycles. The summed E-state index contributed by atoms with van der Waals surface area (Å²) in [5, 5.41) is 2.92. The summed E-state index contributed by atoms with van der Waals surface area (Å²) in [6.07, 6.45) is 2.19. The van der Waals surface area contributed by atoms with E-state index in [9.17, 15) is 4.79 Å². The molecule has 4 heteroatoms. The zero-order valence-corrected chi connectivity index (χ0v) is 10.8. The van der Waals surface area contributed by atoms with Crippen LogP contribution >= 0.6 is 0 Å². The number of hydrogen-bond acceptors (Lipinski definition) is 2. The van der Waals surface area contributed by atoms with Gasteiger partial charge in [0.2, 0.25) is 0 Å². The Morgan fingerprint density at radius 3 is 2.94 bits per heavy atom. The van der Waals surface area contributed by atoms with Crippen molar-refractivity contribution >= 4 is 11.7 Å². The van der Waals surface area contributed by atoms with Crippen molar-refractivity contribution in [2.24, 2.45) is 5.92 Å². The van der Waals surface area contributed by atoms with Gasteiger partial charge < -0.3 is 15.0 Å². The number of nitrogens with one attached hydrogen (secondary N) is 1. The van der Waals surface area contributed by atoms with E-state index in [1.54, 1.807) is 7.11 Å². The summed E-state index contributed by atoms with van der Waals surface area (Å²) in [7, 11) is 1.71. The Balaban J connectivity index is 1.88. The Labute approximate surface area is 108 Å². The van der Waals surface area contributed by atoms with Crippen molar-refractivity contribution in [3.8, 4) is 0 Å². The third kappa shape index (κ3) is 3.47. The third-order valence-corrected chi connectivity index (χ3v) is 3.23. The molecule has 2 rings (SSSR count). The second-order valence-electron chi connectivity index (χ2n) is 4.71. The number of nitrogens with zero attached hydrogens (tertiary/aromatic N) is 1. The Bertz CT molecular complexity index is 379. The molecule has 2 amide bonds. The number of methoxy groups -OCH3 is 1. The lowest BCUT2D eigenvalue weighted by molar-refractivity contribution is 0.104. The number of amides is 2. The van der Waals surface area contributed by atoms with Gasteiger partial charge in [-0.2, -0.15) is 0 Å². The molecule has 1 saturated heterocycles. The highest BCUT2D eigenvalue weighted by Gasteiger charge is 2.23. The first kappa shape index (κ1) is 12.9. The van der Waals surface area contributed by atoms with Crippen LogP contribution in [0.2, 0.25) is 0 Å². The number of urea groups is 1. The van der Waals surface area contributed by atoms with Gasteiger partial charge in [-0.25, -0.2) is 4.79 Å². The minimum Gasteiger partial charge on any atom is -0.384 e. The van der Waals surface area contributed by atoms with Gasteiger partial charge >= 0.3 is 6.03 Å². The van der Waals surface area contributed by atoms with E-state index in [-0.39, 0.29) is 6.03 Å². The van der Waals surface area contributed by atoms with Gasteiger partial charge in [0.05, 0.1) is 6.61 Å². The van der Waals surface area contributed by atoms with Gasteiger partial charge in [-0.15, -0.1) is 0 Å². The van der Waals surface area contributed by atoms with Crippen molar-refractivity contribution in [3.63, 3.8) is 0 Å². The SMILES string of the molecule is COCC1CCCN(C(=O)Nc2ccccc2)C1. The Hall–Kier alpha value is -1.55. The quantitative estimate of drug-likeness (QED) is 0.893. The van der Waals surface area contributed by atoms with Crippen LogP contribution in [0.5, 0.6) is 0 Å². The Morgan fingerprint density at radius 2 is 2.22 bits per heavy atom. The van der Waals surface area contributed by atoms with E-state index in [1.807, 2.05) is 35.2 Å². The molecule has 18 heavy (non-hydrogen) atoms. The maximum Gasteiger partial charge on any atom is 0.321 e. The lowest BCUT2D eigenvalue weighted by Gasteiger charge is -2.32. The van der Waals surface area contributed by atoms with E-state index in [0.29, 0.717) is 5.92 Å². The van der Waals surface area contributed by atoms with Crippen molar-refractivity contribution < 1.29 is 9.53 Å². The lowest BCUT2D eigenvalue weighted by atomic mass is 9.99. The molecule has 98 valence electrons. The first-order chi connectivity index (χ1) is 8.79. The molecule has 1 aliphatic rings. The summed E-state index contributed by atoms with van der Waals surface area (Å²) >= 11 is 0. The number of ether oxygens (including phenoxy) is 1. The van der Waals surface area contributed by atoms with Crippen LogP contribution in [-0.4, -0.2) is 37.7 Å². The normalized spacial score (nSPS) is 19.6. The minimum absolute atomic E-state index is 0.0120. The largest absolute Gasteiger partial charge is 0.384 e. The highest BCUT2D eigenvalue weighted by molar-refractivity contribution is 5.89. The number of hydrogen-bond donors (Lipinski definition) is 1. The first-order valence-corrected chi connectivity index (χ1v) is 6.39. The lowest BCUT2D eigenvalue weighted by Crippen LogP contribution is -2.43. The van der Waals surface area contributed by atoms with E-state index in [0.717, 1.165) is 38.2 Å². The molecular formula is C14H20N2O2. The summed E-state index contributed by atoms with van der Waals surface area (Å²) in [4.78, 5) is 14.0. The number of carbonyl (C=O) groups excluding carboxylic acids is 1. The summed E-state index contributed by atoms with van der Waals surface area (Å²) in [5.41, 5.74) is 0.844. The molecule has 1 fully saturated rings. The van der Waals surface area contributed by atoms with Crippen molar-refractivity contribution in [1.82, 2.24) is 4.90 Å². The van der Waals surface area contributed by atoms with Gasteiger partial charge in [0.15, 0.2) is 0 Å². The van der Waals surface area contributed by atoms with Crippen LogP contribution in [-0.2, 0) is 4.74 Å². The fourth-order valence-corrected chi connectivity index (χ4v) is 2.35. The van der Waals surface area contributed by atoms with Crippen molar-refractivity contribution in [3.05, 3.63) is 30.3 Å². The molecular weight excluding hydrogens is 228 g/mol. The molecule has 0 bridgehead atoms. The number of likely N-dealkylation sites (tertiary alicyclic amines) is 1. The number of anilines is 1. The zero-order valence-electron chi connectivity index (χ0n) is 10.8. The van der Waals surface area contributed by atoms with Crippen LogP contribution in [0.4, 0.5) is 10.5 Å². The van der Waals surface area contributed by atoms with E-state index in [2.05, 4.69) is 5.32 Å². The molecule has 0 spiro atoms. The standard InChI is InChI=1S/C14H20N2O2/c1-18-11-12-6-5-9-16(10-12)14(17)15-13-7-3-2-4-8-13/h2-4,7-8,12H,5-6,9-11H2,1H3,(H,15,17). The first-order valence-electron chi connectivity index (χ1n) is 6.39. The summed E-state index contributed by atoms with van der Waals surface area (Å²) in [6.45, 7) is 2.35. The molecule has 1 aromatic rings. The van der Waals surface area contributed by atoms with Gasteiger partial charge in [-0.05, 0) is 25.0 Å². The number of para-hydroxylation sites is 1. The maximum absolute atomic E-state index is 12.1.